The lowest BCUT2D eigenvalue weighted by Crippen LogP contribution is -2.62. The minimum atomic E-state index is 0.503. The van der Waals surface area contributed by atoms with E-state index >= 15 is 0 Å². The van der Waals surface area contributed by atoms with E-state index in [0.29, 0.717) is 17.6 Å². The number of hydrogen-bond acceptors (Lipinski definition) is 5. The smallest absolute Gasteiger partial charge is 0.0797 e. The van der Waals surface area contributed by atoms with Crippen LogP contribution in [0.3, 0.4) is 0 Å². The van der Waals surface area contributed by atoms with Gasteiger partial charge in [0.05, 0.1) is 17.6 Å². The van der Waals surface area contributed by atoms with Gasteiger partial charge in [-0.3, -0.25) is 20.9 Å². The van der Waals surface area contributed by atoms with E-state index < -0.39 is 0 Å². The van der Waals surface area contributed by atoms with Gasteiger partial charge in [0, 0.05) is 13.3 Å². The van der Waals surface area contributed by atoms with Crippen molar-refractivity contribution in [1.29, 1.82) is 0 Å². The first kappa shape index (κ1) is 8.77. The van der Waals surface area contributed by atoms with Crippen molar-refractivity contribution in [2.75, 3.05) is 26.6 Å². The fourth-order valence-electron chi connectivity index (χ4n) is 1.91. The molecule has 2 rings (SSSR count). The molecule has 0 aromatic rings. The first-order chi connectivity index (χ1) is 5.83. The van der Waals surface area contributed by atoms with E-state index in [4.69, 9.17) is 0 Å². The number of rotatable bonds is 1. The summed E-state index contributed by atoms with van der Waals surface area (Å²) in [7, 11) is 2.15. The standard InChI is InChI=1S/C7H16N4S/c1-11-4-10-5-6(11)8-3-9-7(5)12-2/h5-10H,3-4H2,1-2H3. The third kappa shape index (κ3) is 1.36. The van der Waals surface area contributed by atoms with Crippen LogP contribution in [0.15, 0.2) is 0 Å². The van der Waals surface area contributed by atoms with Crippen molar-refractivity contribution in [2.24, 2.45) is 0 Å². The normalized spacial score (nSPS) is 43.0. The van der Waals surface area contributed by atoms with Crippen molar-refractivity contribution in [3.63, 3.8) is 0 Å². The molecule has 70 valence electrons. The largest absolute Gasteiger partial charge is 0.296 e. The molecule has 3 N–H and O–H groups in total. The van der Waals surface area contributed by atoms with Crippen LogP contribution in [0.1, 0.15) is 0 Å². The Morgan fingerprint density at radius 3 is 2.92 bits per heavy atom. The lowest BCUT2D eigenvalue weighted by atomic mass is 10.2. The summed E-state index contributed by atoms with van der Waals surface area (Å²) in [6.45, 7) is 1.90. The molecule has 0 saturated carbocycles. The topological polar surface area (TPSA) is 39.3 Å². The third-order valence-electron chi connectivity index (χ3n) is 2.59. The maximum absolute atomic E-state index is 3.49. The van der Waals surface area contributed by atoms with Crippen LogP contribution in [-0.4, -0.2) is 49.1 Å². The zero-order valence-corrected chi connectivity index (χ0v) is 8.32. The second-order valence-corrected chi connectivity index (χ2v) is 4.31. The summed E-state index contributed by atoms with van der Waals surface area (Å²) in [6, 6.07) is 0.541. The van der Waals surface area contributed by atoms with Crippen LogP contribution in [0, 0.1) is 0 Å². The number of thioether (sulfide) groups is 1. The molecule has 5 heteroatoms. The van der Waals surface area contributed by atoms with Crippen molar-refractivity contribution in [3.05, 3.63) is 0 Å². The molecule has 0 spiro atoms. The molecule has 2 aliphatic rings. The number of fused-ring (bicyclic) bond motifs is 1. The zero-order valence-electron chi connectivity index (χ0n) is 7.50. The first-order valence-corrected chi connectivity index (χ1v) is 5.55. The Kier molecular flexibility index (Phi) is 2.57. The quantitative estimate of drug-likeness (QED) is 0.493. The number of likely N-dealkylation sites (N-methyl/N-ethyl adjacent to an activating group) is 1. The average molecular weight is 188 g/mol. The maximum Gasteiger partial charge on any atom is 0.0797 e. The zero-order chi connectivity index (χ0) is 8.55. The van der Waals surface area contributed by atoms with E-state index in [1.807, 2.05) is 11.8 Å². The van der Waals surface area contributed by atoms with Gasteiger partial charge in [-0.05, 0) is 13.3 Å². The highest BCUT2D eigenvalue weighted by atomic mass is 32.2. The maximum atomic E-state index is 3.49. The number of hydrogen-bond donors (Lipinski definition) is 3. The van der Waals surface area contributed by atoms with Gasteiger partial charge in [0.25, 0.3) is 0 Å². The molecule has 2 fully saturated rings. The summed E-state index contributed by atoms with van der Waals surface area (Å²) in [6.07, 6.45) is 2.66. The fourth-order valence-corrected chi connectivity index (χ4v) is 2.70. The third-order valence-corrected chi connectivity index (χ3v) is 3.55. The average Bonchev–Trinajstić information content (AvgIpc) is 2.48. The van der Waals surface area contributed by atoms with Gasteiger partial charge in [-0.1, -0.05) is 0 Å². The van der Waals surface area contributed by atoms with Gasteiger partial charge in [-0.25, -0.2) is 0 Å². The van der Waals surface area contributed by atoms with E-state index in [1.165, 1.54) is 0 Å². The predicted molar refractivity (Wildman–Crippen MR) is 51.8 cm³/mol. The lowest BCUT2D eigenvalue weighted by molar-refractivity contribution is 0.211. The van der Waals surface area contributed by atoms with Gasteiger partial charge < -0.3 is 0 Å². The Balaban J connectivity index is 2.04. The molecule has 3 atom stereocenters. The molecule has 0 aromatic heterocycles. The molecular formula is C7H16N4S. The first-order valence-electron chi connectivity index (χ1n) is 4.26. The predicted octanol–water partition coefficient (Wildman–Crippen LogP) is -0.987. The van der Waals surface area contributed by atoms with Gasteiger partial charge >= 0.3 is 0 Å². The van der Waals surface area contributed by atoms with E-state index in [9.17, 15) is 0 Å². The molecular weight excluding hydrogens is 172 g/mol. The Morgan fingerprint density at radius 1 is 1.33 bits per heavy atom. The molecule has 3 unspecified atom stereocenters. The fraction of sp³-hybridized carbons (Fsp3) is 1.00. The van der Waals surface area contributed by atoms with Crippen molar-refractivity contribution < 1.29 is 0 Å². The van der Waals surface area contributed by atoms with Crippen LogP contribution in [0.2, 0.25) is 0 Å². The van der Waals surface area contributed by atoms with Crippen LogP contribution in [0.25, 0.3) is 0 Å². The van der Waals surface area contributed by atoms with Crippen molar-refractivity contribution >= 4 is 11.8 Å². The van der Waals surface area contributed by atoms with Gasteiger partial charge in [-0.2, -0.15) is 0 Å². The van der Waals surface area contributed by atoms with Gasteiger partial charge in [0.2, 0.25) is 0 Å². The lowest BCUT2D eigenvalue weighted by Gasteiger charge is -2.36. The van der Waals surface area contributed by atoms with Crippen molar-refractivity contribution in [3.8, 4) is 0 Å². The Bertz CT molecular complexity index is 165. The molecule has 0 amide bonds. The van der Waals surface area contributed by atoms with E-state index in [0.717, 1.165) is 13.3 Å². The summed E-state index contributed by atoms with van der Waals surface area (Å²) in [5.74, 6) is 0. The summed E-state index contributed by atoms with van der Waals surface area (Å²) in [4.78, 5) is 2.31. The summed E-state index contributed by atoms with van der Waals surface area (Å²) >= 11 is 1.88. The molecule has 2 aliphatic heterocycles. The highest BCUT2D eigenvalue weighted by Crippen LogP contribution is 2.19. The van der Waals surface area contributed by atoms with E-state index in [-0.39, 0.29) is 0 Å². The van der Waals surface area contributed by atoms with Crippen molar-refractivity contribution in [1.82, 2.24) is 20.9 Å². The van der Waals surface area contributed by atoms with E-state index in [2.05, 4.69) is 34.2 Å². The van der Waals surface area contributed by atoms with Crippen LogP contribution in [-0.2, 0) is 0 Å². The van der Waals surface area contributed by atoms with Gasteiger partial charge in [0.1, 0.15) is 0 Å². The molecule has 0 aliphatic carbocycles. The van der Waals surface area contributed by atoms with Crippen molar-refractivity contribution in [2.45, 2.75) is 17.6 Å². The molecule has 0 radical (unpaired) electrons. The Labute approximate surface area is 77.4 Å². The number of nitrogens with one attached hydrogen (secondary N) is 3. The Hall–Kier alpha value is 0.190. The van der Waals surface area contributed by atoms with Crippen LogP contribution in [0.5, 0.6) is 0 Å². The Morgan fingerprint density at radius 2 is 2.17 bits per heavy atom. The molecule has 0 bridgehead atoms. The van der Waals surface area contributed by atoms with Crippen LogP contribution < -0.4 is 16.0 Å². The number of nitrogens with zero attached hydrogens (tertiary/aromatic N) is 1. The molecule has 2 heterocycles. The van der Waals surface area contributed by atoms with Crippen LogP contribution >= 0.6 is 11.8 Å². The molecule has 2 saturated heterocycles. The van der Waals surface area contributed by atoms with Gasteiger partial charge in [0.15, 0.2) is 0 Å². The summed E-state index contributed by atoms with van der Waals surface area (Å²) in [5, 5.41) is 10.9. The van der Waals surface area contributed by atoms with Gasteiger partial charge in [-0.15, -0.1) is 11.8 Å². The minimum absolute atomic E-state index is 0.503. The highest BCUT2D eigenvalue weighted by molar-refractivity contribution is 7.99. The van der Waals surface area contributed by atoms with E-state index in [1.54, 1.807) is 0 Å². The minimum Gasteiger partial charge on any atom is -0.296 e. The highest BCUT2D eigenvalue weighted by Gasteiger charge is 2.38. The monoisotopic (exact) mass is 188 g/mol. The molecule has 0 aromatic carbocycles. The summed E-state index contributed by atoms with van der Waals surface area (Å²) < 4.78 is 0. The molecule has 12 heavy (non-hydrogen) atoms. The van der Waals surface area contributed by atoms with Crippen LogP contribution in [0.4, 0.5) is 0 Å². The second kappa shape index (κ2) is 3.51. The molecule has 4 nitrogen and oxygen atoms in total. The second-order valence-electron chi connectivity index (χ2n) is 3.33. The SMILES string of the molecule is CSC1NCNC2C1NCN2C. The summed E-state index contributed by atoms with van der Waals surface area (Å²) in [5.41, 5.74) is 0.